The highest BCUT2D eigenvalue weighted by molar-refractivity contribution is 7.08. The van der Waals surface area contributed by atoms with E-state index in [0.29, 0.717) is 13.0 Å². The minimum Gasteiger partial charge on any atom is -0.454 e. The summed E-state index contributed by atoms with van der Waals surface area (Å²) in [6, 6.07) is 7.92. The number of ether oxygens (including phenoxy) is 2. The summed E-state index contributed by atoms with van der Waals surface area (Å²) >= 11 is 1.65. The van der Waals surface area contributed by atoms with Gasteiger partial charge in [-0.05, 0) is 40.1 Å². The van der Waals surface area contributed by atoms with E-state index in [9.17, 15) is 4.79 Å². The molecule has 126 valence electrons. The van der Waals surface area contributed by atoms with Crippen molar-refractivity contribution in [3.63, 3.8) is 0 Å². The van der Waals surface area contributed by atoms with Crippen molar-refractivity contribution >= 4 is 23.1 Å². The van der Waals surface area contributed by atoms with Crippen LogP contribution in [0.3, 0.4) is 0 Å². The van der Waals surface area contributed by atoms with E-state index in [1.165, 1.54) is 5.56 Å². The van der Waals surface area contributed by atoms with Gasteiger partial charge in [-0.15, -0.1) is 0 Å². The van der Waals surface area contributed by atoms with Gasteiger partial charge in [0.05, 0.1) is 12.7 Å². The Balaban J connectivity index is 1.49. The van der Waals surface area contributed by atoms with Crippen LogP contribution in [0.4, 0.5) is 5.82 Å². The molecule has 2 aromatic heterocycles. The molecule has 6 nitrogen and oxygen atoms in total. The number of nitrogens with zero attached hydrogens (tertiary/aromatic N) is 2. The number of rotatable bonds is 3. The van der Waals surface area contributed by atoms with Crippen LogP contribution in [-0.2, 0) is 11.3 Å². The average molecular weight is 353 g/mol. The molecule has 3 aromatic rings. The number of amides is 1. The Morgan fingerprint density at radius 2 is 2.20 bits per heavy atom. The Kier molecular flexibility index (Phi) is 3.27. The van der Waals surface area contributed by atoms with Crippen LogP contribution >= 0.6 is 11.3 Å². The molecule has 0 saturated heterocycles. The highest BCUT2D eigenvalue weighted by Gasteiger charge is 2.30. The number of aromatic nitrogens is 2. The van der Waals surface area contributed by atoms with Gasteiger partial charge < -0.3 is 14.8 Å². The van der Waals surface area contributed by atoms with Crippen molar-refractivity contribution in [2.75, 3.05) is 12.1 Å². The lowest BCUT2D eigenvalue weighted by Crippen LogP contribution is -2.24. The van der Waals surface area contributed by atoms with Crippen LogP contribution in [0.15, 0.2) is 41.2 Å². The quantitative estimate of drug-likeness (QED) is 0.785. The number of fused-ring (bicyclic) bond motifs is 2. The number of nitrogens with one attached hydrogen (secondary N) is 1. The lowest BCUT2D eigenvalue weighted by atomic mass is 9.89. The van der Waals surface area contributed by atoms with Gasteiger partial charge in [0, 0.05) is 17.9 Å². The molecular formula is C18H15N3O3S. The Labute approximate surface area is 148 Å². The van der Waals surface area contributed by atoms with Gasteiger partial charge in [0.15, 0.2) is 11.5 Å². The monoisotopic (exact) mass is 353 g/mol. The molecule has 4 heterocycles. The van der Waals surface area contributed by atoms with E-state index in [-0.39, 0.29) is 18.6 Å². The molecule has 7 heteroatoms. The normalized spacial score (nSPS) is 18.1. The third-order valence-corrected chi connectivity index (χ3v) is 5.31. The minimum absolute atomic E-state index is 0.0242. The molecular weight excluding hydrogens is 338 g/mol. The van der Waals surface area contributed by atoms with Crippen LogP contribution < -0.4 is 14.8 Å². The van der Waals surface area contributed by atoms with Crippen molar-refractivity contribution in [1.82, 2.24) is 9.78 Å². The molecule has 0 spiro atoms. The molecule has 1 aromatic carbocycles. The van der Waals surface area contributed by atoms with E-state index in [4.69, 9.17) is 9.47 Å². The average Bonchev–Trinajstić information content (AvgIpc) is 3.35. The first kappa shape index (κ1) is 14.5. The highest BCUT2D eigenvalue weighted by Crippen LogP contribution is 2.38. The Bertz CT molecular complexity index is 949. The second kappa shape index (κ2) is 5.63. The molecule has 0 saturated carbocycles. The molecule has 0 unspecified atom stereocenters. The summed E-state index contributed by atoms with van der Waals surface area (Å²) < 4.78 is 12.6. The zero-order valence-corrected chi connectivity index (χ0v) is 14.1. The van der Waals surface area contributed by atoms with Crippen LogP contribution in [0.1, 0.15) is 29.0 Å². The van der Waals surface area contributed by atoms with Crippen molar-refractivity contribution in [3.8, 4) is 11.5 Å². The molecule has 1 atom stereocenters. The summed E-state index contributed by atoms with van der Waals surface area (Å²) in [5.41, 5.74) is 3.28. The van der Waals surface area contributed by atoms with Gasteiger partial charge >= 0.3 is 0 Å². The second-order valence-corrected chi connectivity index (χ2v) is 6.94. The smallest absolute Gasteiger partial charge is 0.231 e. The Morgan fingerprint density at radius 1 is 1.28 bits per heavy atom. The fraction of sp³-hybridized carbons (Fsp3) is 0.222. The molecule has 25 heavy (non-hydrogen) atoms. The van der Waals surface area contributed by atoms with E-state index in [1.54, 1.807) is 11.3 Å². The molecule has 0 bridgehead atoms. The number of thiophene rings is 1. The fourth-order valence-corrected chi connectivity index (χ4v) is 4.09. The number of benzene rings is 1. The number of hydrogen-bond donors (Lipinski definition) is 1. The summed E-state index contributed by atoms with van der Waals surface area (Å²) in [6.45, 7) is 0.816. The molecule has 1 amide bonds. The van der Waals surface area contributed by atoms with E-state index < -0.39 is 0 Å². The summed E-state index contributed by atoms with van der Waals surface area (Å²) in [5.74, 6) is 2.39. The molecule has 2 aliphatic rings. The number of hydrogen-bond acceptors (Lipinski definition) is 5. The van der Waals surface area contributed by atoms with Crippen LogP contribution in [0.2, 0.25) is 0 Å². The van der Waals surface area contributed by atoms with Crippen molar-refractivity contribution in [2.45, 2.75) is 18.9 Å². The van der Waals surface area contributed by atoms with Gasteiger partial charge in [-0.25, -0.2) is 4.68 Å². The predicted octanol–water partition coefficient (Wildman–Crippen LogP) is 3.20. The predicted molar refractivity (Wildman–Crippen MR) is 93.3 cm³/mol. The molecule has 0 radical (unpaired) electrons. The van der Waals surface area contributed by atoms with E-state index in [2.05, 4.69) is 21.9 Å². The fourth-order valence-electron chi connectivity index (χ4n) is 3.37. The standard InChI is InChI=1S/C18H15N3O3S/c22-17-6-13(12-3-4-25-9-12)14-7-19-21(18(14)20-17)8-11-1-2-15-16(5-11)24-10-23-15/h1-5,7,9,13H,6,8,10H2,(H,20,22)/t13-/m1/s1. The first-order valence-corrected chi connectivity index (χ1v) is 8.98. The zero-order chi connectivity index (χ0) is 16.8. The van der Waals surface area contributed by atoms with Gasteiger partial charge in [0.25, 0.3) is 0 Å². The second-order valence-electron chi connectivity index (χ2n) is 6.16. The molecule has 0 fully saturated rings. The Morgan fingerprint density at radius 3 is 3.08 bits per heavy atom. The van der Waals surface area contributed by atoms with E-state index >= 15 is 0 Å². The van der Waals surface area contributed by atoms with Crippen molar-refractivity contribution < 1.29 is 14.3 Å². The lowest BCUT2D eigenvalue weighted by molar-refractivity contribution is -0.116. The van der Waals surface area contributed by atoms with Crippen molar-refractivity contribution in [2.24, 2.45) is 0 Å². The van der Waals surface area contributed by atoms with Gasteiger partial charge in [0.1, 0.15) is 5.82 Å². The zero-order valence-electron chi connectivity index (χ0n) is 13.3. The first-order chi connectivity index (χ1) is 12.3. The SMILES string of the molecule is O=C1C[C@H](c2ccsc2)c2cnn(Cc3ccc4c(c3)OCO4)c2N1. The Hall–Kier alpha value is -2.80. The third kappa shape index (κ3) is 2.47. The van der Waals surface area contributed by atoms with Crippen LogP contribution in [0.25, 0.3) is 0 Å². The van der Waals surface area contributed by atoms with Crippen molar-refractivity contribution in [1.29, 1.82) is 0 Å². The number of anilines is 1. The third-order valence-electron chi connectivity index (χ3n) is 4.61. The van der Waals surface area contributed by atoms with Gasteiger partial charge in [0.2, 0.25) is 12.7 Å². The topological polar surface area (TPSA) is 65.4 Å². The summed E-state index contributed by atoms with van der Waals surface area (Å²) in [6.07, 6.45) is 2.32. The summed E-state index contributed by atoms with van der Waals surface area (Å²) in [7, 11) is 0. The molecule has 2 aliphatic heterocycles. The molecule has 1 N–H and O–H groups in total. The first-order valence-electron chi connectivity index (χ1n) is 8.04. The maximum absolute atomic E-state index is 12.2. The van der Waals surface area contributed by atoms with Crippen LogP contribution in [0.5, 0.6) is 11.5 Å². The minimum atomic E-state index is 0.0242. The molecule has 5 rings (SSSR count). The van der Waals surface area contributed by atoms with Gasteiger partial charge in [-0.1, -0.05) is 6.07 Å². The van der Waals surface area contributed by atoms with Crippen LogP contribution in [0, 0.1) is 0 Å². The molecule has 0 aliphatic carbocycles. The van der Waals surface area contributed by atoms with E-state index in [1.807, 2.05) is 34.5 Å². The van der Waals surface area contributed by atoms with Gasteiger partial charge in [-0.2, -0.15) is 16.4 Å². The number of carbonyl (C=O) groups is 1. The lowest BCUT2D eigenvalue weighted by Gasteiger charge is -2.23. The maximum atomic E-state index is 12.2. The number of carbonyl (C=O) groups excluding carboxylic acids is 1. The highest BCUT2D eigenvalue weighted by atomic mass is 32.1. The van der Waals surface area contributed by atoms with Gasteiger partial charge in [-0.3, -0.25) is 4.79 Å². The largest absolute Gasteiger partial charge is 0.454 e. The summed E-state index contributed by atoms with van der Waals surface area (Å²) in [5, 5.41) is 11.6. The van der Waals surface area contributed by atoms with Crippen molar-refractivity contribution in [3.05, 3.63) is 57.9 Å². The van der Waals surface area contributed by atoms with E-state index in [0.717, 1.165) is 28.4 Å². The van der Waals surface area contributed by atoms with Crippen LogP contribution in [-0.4, -0.2) is 22.5 Å². The summed E-state index contributed by atoms with van der Waals surface area (Å²) in [4.78, 5) is 12.2. The maximum Gasteiger partial charge on any atom is 0.231 e.